The van der Waals surface area contributed by atoms with E-state index in [4.69, 9.17) is 9.63 Å². The molecule has 0 aliphatic carbocycles. The average Bonchev–Trinajstić information content (AvgIpc) is 3.07. The molecular formula is C12H19N5O2. The quantitative estimate of drug-likeness (QED) is 0.717. The first-order valence-corrected chi connectivity index (χ1v) is 6.41. The van der Waals surface area contributed by atoms with Crippen LogP contribution in [0.4, 0.5) is 0 Å². The van der Waals surface area contributed by atoms with E-state index in [9.17, 15) is 0 Å². The van der Waals surface area contributed by atoms with Crippen molar-refractivity contribution in [3.8, 4) is 0 Å². The second-order valence-corrected chi connectivity index (χ2v) is 4.43. The first-order valence-electron chi connectivity index (χ1n) is 6.41. The maximum Gasteiger partial charge on any atom is 0.252 e. The molecule has 2 rings (SSSR count). The molecule has 7 nitrogen and oxygen atoms in total. The van der Waals surface area contributed by atoms with Gasteiger partial charge in [-0.1, -0.05) is 5.16 Å². The third kappa shape index (κ3) is 4.46. The van der Waals surface area contributed by atoms with Crippen LogP contribution >= 0.6 is 0 Å². The topological polar surface area (TPSA) is 89.0 Å². The predicted molar refractivity (Wildman–Crippen MR) is 68.2 cm³/mol. The van der Waals surface area contributed by atoms with Crippen molar-refractivity contribution >= 4 is 0 Å². The summed E-state index contributed by atoms with van der Waals surface area (Å²) in [5, 5.41) is 20.1. The van der Waals surface area contributed by atoms with Gasteiger partial charge in [0.05, 0.1) is 0 Å². The Labute approximate surface area is 111 Å². The van der Waals surface area contributed by atoms with Crippen LogP contribution < -0.4 is 5.32 Å². The van der Waals surface area contributed by atoms with Crippen molar-refractivity contribution in [1.82, 2.24) is 25.2 Å². The van der Waals surface area contributed by atoms with E-state index in [-0.39, 0.29) is 12.5 Å². The zero-order chi connectivity index (χ0) is 13.5. The highest BCUT2D eigenvalue weighted by molar-refractivity contribution is 4.85. The van der Waals surface area contributed by atoms with Gasteiger partial charge in [0.15, 0.2) is 5.82 Å². The molecule has 0 saturated heterocycles. The van der Waals surface area contributed by atoms with Crippen LogP contribution in [0, 0.1) is 0 Å². The van der Waals surface area contributed by atoms with Crippen molar-refractivity contribution < 1.29 is 9.63 Å². The Balaban J connectivity index is 1.62. The fraction of sp³-hybridized carbons (Fsp3) is 0.583. The Morgan fingerprint density at radius 3 is 3.11 bits per heavy atom. The number of rotatable bonds is 8. The molecule has 2 N–H and O–H groups in total. The summed E-state index contributed by atoms with van der Waals surface area (Å²) in [7, 11) is 0. The second-order valence-electron chi connectivity index (χ2n) is 4.43. The summed E-state index contributed by atoms with van der Waals surface area (Å²) in [6.45, 7) is 3.61. The fourth-order valence-electron chi connectivity index (χ4n) is 1.75. The van der Waals surface area contributed by atoms with E-state index >= 15 is 0 Å². The summed E-state index contributed by atoms with van der Waals surface area (Å²) in [6.07, 6.45) is 5.45. The lowest BCUT2D eigenvalue weighted by Crippen LogP contribution is -2.29. The number of nitrogens with one attached hydrogen (secondary N) is 1. The van der Waals surface area contributed by atoms with Crippen molar-refractivity contribution in [1.29, 1.82) is 0 Å². The van der Waals surface area contributed by atoms with E-state index < -0.39 is 0 Å². The number of nitrogens with zero attached hydrogens (tertiary/aromatic N) is 4. The van der Waals surface area contributed by atoms with Crippen molar-refractivity contribution in [2.24, 2.45) is 0 Å². The molecule has 2 heterocycles. The summed E-state index contributed by atoms with van der Waals surface area (Å²) in [5.41, 5.74) is 0. The minimum atomic E-state index is -0.208. The zero-order valence-electron chi connectivity index (χ0n) is 11.0. The average molecular weight is 265 g/mol. The molecule has 0 aromatic carbocycles. The van der Waals surface area contributed by atoms with Crippen LogP contribution in [0.5, 0.6) is 0 Å². The maximum atomic E-state index is 8.80. The Morgan fingerprint density at radius 1 is 1.53 bits per heavy atom. The molecule has 0 aliphatic heterocycles. The number of hydrogen-bond acceptors (Lipinski definition) is 6. The molecular weight excluding hydrogens is 246 g/mol. The fourth-order valence-corrected chi connectivity index (χ4v) is 1.75. The van der Waals surface area contributed by atoms with Crippen LogP contribution in [0.15, 0.2) is 23.0 Å². The molecule has 2 aromatic heterocycles. The molecule has 104 valence electrons. The summed E-state index contributed by atoms with van der Waals surface area (Å²) >= 11 is 0. The molecule has 1 atom stereocenters. The third-order valence-electron chi connectivity index (χ3n) is 2.84. The normalized spacial score (nSPS) is 12.7. The van der Waals surface area contributed by atoms with E-state index in [0.29, 0.717) is 18.3 Å². The maximum absolute atomic E-state index is 8.80. The predicted octanol–water partition coefficient (Wildman–Crippen LogP) is 0.369. The van der Waals surface area contributed by atoms with Gasteiger partial charge < -0.3 is 14.9 Å². The van der Waals surface area contributed by atoms with Crippen LogP contribution in [0.3, 0.4) is 0 Å². The number of aryl methyl sites for hydroxylation is 1. The van der Waals surface area contributed by atoms with Gasteiger partial charge in [0.2, 0.25) is 0 Å². The van der Waals surface area contributed by atoms with E-state index in [1.54, 1.807) is 6.20 Å². The monoisotopic (exact) mass is 265 g/mol. The molecule has 2 aromatic rings. The van der Waals surface area contributed by atoms with Crippen molar-refractivity contribution in [3.63, 3.8) is 0 Å². The Morgan fingerprint density at radius 2 is 2.42 bits per heavy atom. The van der Waals surface area contributed by atoms with Gasteiger partial charge in [-0.15, -0.1) is 0 Å². The summed E-state index contributed by atoms with van der Waals surface area (Å²) in [5.74, 6) is 0.887. The van der Waals surface area contributed by atoms with Gasteiger partial charge in [-0.05, 0) is 19.4 Å². The van der Waals surface area contributed by atoms with Crippen molar-refractivity contribution in [2.45, 2.75) is 39.0 Å². The SMILES string of the molecule is C[C@H](CCn1cccn1)NCCc1noc(CO)n1. The van der Waals surface area contributed by atoms with Crippen LogP contribution in [0.2, 0.25) is 0 Å². The molecule has 0 spiro atoms. The first-order chi connectivity index (χ1) is 9.28. The molecule has 0 unspecified atom stereocenters. The highest BCUT2D eigenvalue weighted by Gasteiger charge is 2.06. The third-order valence-corrected chi connectivity index (χ3v) is 2.84. The standard InChI is InChI=1S/C12H19N5O2/c1-10(4-8-17-7-2-5-14-17)13-6-3-11-15-12(9-18)19-16-11/h2,5,7,10,13,18H,3-4,6,8-9H2,1H3/t10-/m1/s1. The Bertz CT molecular complexity index is 468. The molecule has 7 heteroatoms. The van der Waals surface area contributed by atoms with Gasteiger partial charge in [-0.25, -0.2) is 0 Å². The largest absolute Gasteiger partial charge is 0.387 e. The lowest BCUT2D eigenvalue weighted by molar-refractivity contribution is 0.222. The molecule has 0 radical (unpaired) electrons. The van der Waals surface area contributed by atoms with Crippen LogP contribution in [0.1, 0.15) is 25.1 Å². The number of aliphatic hydroxyl groups is 1. The second kappa shape index (κ2) is 7.01. The van der Waals surface area contributed by atoms with Gasteiger partial charge in [-0.3, -0.25) is 4.68 Å². The molecule has 0 fully saturated rings. The number of aromatic nitrogens is 4. The van der Waals surface area contributed by atoms with Gasteiger partial charge in [-0.2, -0.15) is 10.1 Å². The van der Waals surface area contributed by atoms with Gasteiger partial charge in [0, 0.05) is 37.9 Å². The van der Waals surface area contributed by atoms with Crippen LogP contribution in [-0.4, -0.2) is 37.6 Å². The number of hydrogen-bond donors (Lipinski definition) is 2. The molecule has 0 bridgehead atoms. The molecule has 19 heavy (non-hydrogen) atoms. The van der Waals surface area contributed by atoms with E-state index in [2.05, 4.69) is 27.5 Å². The minimum absolute atomic E-state index is 0.208. The molecule has 0 saturated carbocycles. The lowest BCUT2D eigenvalue weighted by Gasteiger charge is -2.12. The molecule has 0 amide bonds. The van der Waals surface area contributed by atoms with Gasteiger partial charge in [0.25, 0.3) is 5.89 Å². The number of aliphatic hydroxyl groups excluding tert-OH is 1. The van der Waals surface area contributed by atoms with E-state index in [1.807, 2.05) is 16.9 Å². The van der Waals surface area contributed by atoms with E-state index in [1.165, 1.54) is 0 Å². The van der Waals surface area contributed by atoms with Gasteiger partial charge in [0.1, 0.15) is 6.61 Å². The Kier molecular flexibility index (Phi) is 5.05. The molecule has 0 aliphatic rings. The van der Waals surface area contributed by atoms with Crippen molar-refractivity contribution in [2.75, 3.05) is 6.54 Å². The first kappa shape index (κ1) is 13.7. The summed E-state index contributed by atoms with van der Waals surface area (Å²) in [4.78, 5) is 4.03. The lowest BCUT2D eigenvalue weighted by atomic mass is 10.2. The highest BCUT2D eigenvalue weighted by atomic mass is 16.5. The smallest absolute Gasteiger partial charge is 0.252 e. The van der Waals surface area contributed by atoms with Crippen LogP contribution in [-0.2, 0) is 19.6 Å². The van der Waals surface area contributed by atoms with Crippen molar-refractivity contribution in [3.05, 3.63) is 30.2 Å². The minimum Gasteiger partial charge on any atom is -0.387 e. The van der Waals surface area contributed by atoms with Gasteiger partial charge >= 0.3 is 0 Å². The van der Waals surface area contributed by atoms with E-state index in [0.717, 1.165) is 19.5 Å². The summed E-state index contributed by atoms with van der Waals surface area (Å²) in [6, 6.07) is 2.32. The van der Waals surface area contributed by atoms with Crippen LogP contribution in [0.25, 0.3) is 0 Å². The Hall–Kier alpha value is -1.73. The summed E-state index contributed by atoms with van der Waals surface area (Å²) < 4.78 is 6.74. The zero-order valence-corrected chi connectivity index (χ0v) is 11.0. The highest BCUT2D eigenvalue weighted by Crippen LogP contribution is 1.99.